The van der Waals surface area contributed by atoms with E-state index in [0.717, 1.165) is 22.3 Å². The zero-order chi connectivity index (χ0) is 8.39. The van der Waals surface area contributed by atoms with Gasteiger partial charge in [-0.2, -0.15) is 0 Å². The van der Waals surface area contributed by atoms with Gasteiger partial charge in [0.1, 0.15) is 0 Å². The van der Waals surface area contributed by atoms with Gasteiger partial charge in [-0.25, -0.2) is 0 Å². The molecule has 12 heavy (non-hydrogen) atoms. The van der Waals surface area contributed by atoms with Crippen molar-refractivity contribution in [3.05, 3.63) is 35.5 Å². The van der Waals surface area contributed by atoms with E-state index in [1.807, 2.05) is 30.5 Å². The van der Waals surface area contributed by atoms with Crippen molar-refractivity contribution in [2.24, 2.45) is 0 Å². The number of fused-ring (bicyclic) bond motifs is 1. The zero-order valence-electron chi connectivity index (χ0n) is 6.28. The Morgan fingerprint density at radius 1 is 1.42 bits per heavy atom. The molecule has 0 spiro atoms. The van der Waals surface area contributed by atoms with Gasteiger partial charge in [0.05, 0.1) is 0 Å². The molecule has 1 heterocycles. The molecule has 0 unspecified atom stereocenters. The van der Waals surface area contributed by atoms with Gasteiger partial charge in [0, 0.05) is 16.7 Å². The molecule has 2 nitrogen and oxygen atoms in total. The largest absolute Gasteiger partial charge is 0.332 e. The van der Waals surface area contributed by atoms with Crippen LogP contribution in [-0.2, 0) is 0 Å². The summed E-state index contributed by atoms with van der Waals surface area (Å²) in [5, 5.41) is 0. The van der Waals surface area contributed by atoms with Crippen molar-refractivity contribution in [2.75, 3.05) is 0 Å². The van der Waals surface area contributed by atoms with E-state index >= 15 is 0 Å². The third-order valence-electron chi connectivity index (χ3n) is 1.69. The Kier molecular flexibility index (Phi) is 1.87. The summed E-state index contributed by atoms with van der Waals surface area (Å²) in [5.74, 6) is 0. The fourth-order valence-corrected chi connectivity index (χ4v) is 1.87. The number of carbonyl (C=O) groups excluding carboxylic acids is 1. The third-order valence-corrected chi connectivity index (χ3v) is 2.62. The van der Waals surface area contributed by atoms with Crippen LogP contribution in [0.1, 0.15) is 15.9 Å². The second-order valence-corrected chi connectivity index (χ2v) is 3.28. The summed E-state index contributed by atoms with van der Waals surface area (Å²) in [6.45, 7) is 0. The fraction of sp³-hybridized carbons (Fsp3) is 0. The minimum atomic E-state index is 0.745. The molecule has 0 saturated heterocycles. The first-order chi connectivity index (χ1) is 5.92. The van der Waals surface area contributed by atoms with Gasteiger partial charge in [-0.3, -0.25) is 4.79 Å². The Morgan fingerprint density at radius 2 is 2.33 bits per heavy atom. The van der Waals surface area contributed by atoms with E-state index in [-0.39, 0.29) is 0 Å². The Labute approximate surface area is 74.8 Å². The second kappa shape index (κ2) is 3.03. The van der Waals surface area contributed by atoms with Crippen LogP contribution in [0.3, 0.4) is 0 Å². The number of rotatable bonds is 1. The van der Waals surface area contributed by atoms with Crippen LogP contribution in [-0.4, -0.2) is 6.29 Å². The normalized spacial score (nSPS) is 13.3. The fourth-order valence-electron chi connectivity index (χ4n) is 1.13. The lowest BCUT2D eigenvalue weighted by molar-refractivity contribution is 0.112. The molecule has 1 aliphatic heterocycles. The number of benzene rings is 1. The molecule has 2 rings (SSSR count). The molecule has 60 valence electrons. The maximum absolute atomic E-state index is 10.6. The summed E-state index contributed by atoms with van der Waals surface area (Å²) >= 11 is 1.47. The predicted molar refractivity (Wildman–Crippen MR) is 49.9 cm³/mol. The quantitative estimate of drug-likeness (QED) is 0.526. The van der Waals surface area contributed by atoms with Crippen molar-refractivity contribution in [1.29, 1.82) is 0 Å². The average molecular weight is 177 g/mol. The van der Waals surface area contributed by atoms with Crippen molar-refractivity contribution < 1.29 is 4.79 Å². The standard InChI is InChI=1S/C9H7NOS/c11-6-8-3-1-2-7-4-5-10-12-9(7)8/h1-6,10H. The highest BCUT2D eigenvalue weighted by molar-refractivity contribution is 7.97. The lowest BCUT2D eigenvalue weighted by Crippen LogP contribution is -2.00. The Hall–Kier alpha value is -1.22. The Balaban J connectivity index is 2.60. The molecule has 0 radical (unpaired) electrons. The summed E-state index contributed by atoms with van der Waals surface area (Å²) in [4.78, 5) is 11.6. The Morgan fingerprint density at radius 3 is 3.17 bits per heavy atom. The average Bonchev–Trinajstić information content (AvgIpc) is 2.17. The van der Waals surface area contributed by atoms with E-state index in [1.54, 1.807) is 0 Å². The van der Waals surface area contributed by atoms with E-state index in [1.165, 1.54) is 11.9 Å². The molecular formula is C9H7NOS. The SMILES string of the molecule is O=Cc1cccc2c1SNC=C2. The van der Waals surface area contributed by atoms with E-state index in [9.17, 15) is 4.79 Å². The van der Waals surface area contributed by atoms with Gasteiger partial charge in [-0.05, 0) is 23.6 Å². The van der Waals surface area contributed by atoms with Gasteiger partial charge in [0.25, 0.3) is 0 Å². The highest BCUT2D eigenvalue weighted by atomic mass is 32.2. The lowest BCUT2D eigenvalue weighted by atomic mass is 10.1. The van der Waals surface area contributed by atoms with Gasteiger partial charge in [-0.1, -0.05) is 18.2 Å². The number of carbonyl (C=O) groups is 1. The third kappa shape index (κ3) is 1.12. The predicted octanol–water partition coefficient (Wildman–Crippen LogP) is 2.08. The number of hydrogen-bond acceptors (Lipinski definition) is 3. The second-order valence-electron chi connectivity index (χ2n) is 2.44. The zero-order valence-corrected chi connectivity index (χ0v) is 7.10. The van der Waals surface area contributed by atoms with Crippen LogP contribution in [0.25, 0.3) is 6.08 Å². The summed E-state index contributed by atoms with van der Waals surface area (Å²) in [7, 11) is 0. The molecule has 1 aromatic carbocycles. The molecule has 0 aliphatic carbocycles. The molecule has 1 aliphatic rings. The van der Waals surface area contributed by atoms with Crippen LogP contribution in [0.15, 0.2) is 29.3 Å². The highest BCUT2D eigenvalue weighted by Gasteiger charge is 2.08. The minimum absolute atomic E-state index is 0.745. The maximum atomic E-state index is 10.6. The molecule has 0 saturated carbocycles. The van der Waals surface area contributed by atoms with E-state index in [0.29, 0.717) is 0 Å². The van der Waals surface area contributed by atoms with Crippen LogP contribution in [0, 0.1) is 0 Å². The van der Waals surface area contributed by atoms with Crippen LogP contribution in [0.5, 0.6) is 0 Å². The first-order valence-electron chi connectivity index (χ1n) is 3.59. The summed E-state index contributed by atoms with van der Waals surface area (Å²) < 4.78 is 2.99. The lowest BCUT2D eigenvalue weighted by Gasteiger charge is -2.11. The van der Waals surface area contributed by atoms with Gasteiger partial charge in [0.2, 0.25) is 0 Å². The molecule has 0 fully saturated rings. The first-order valence-corrected chi connectivity index (χ1v) is 4.40. The first kappa shape index (κ1) is 7.43. The smallest absolute Gasteiger partial charge is 0.151 e. The van der Waals surface area contributed by atoms with E-state index in [4.69, 9.17) is 0 Å². The minimum Gasteiger partial charge on any atom is -0.332 e. The van der Waals surface area contributed by atoms with E-state index in [2.05, 4.69) is 4.72 Å². The Bertz CT molecular complexity index is 346. The molecular weight excluding hydrogens is 170 g/mol. The summed E-state index contributed by atoms with van der Waals surface area (Å²) in [6, 6.07) is 5.70. The molecule has 1 N–H and O–H groups in total. The van der Waals surface area contributed by atoms with Gasteiger partial charge in [-0.15, -0.1) is 0 Å². The van der Waals surface area contributed by atoms with Crippen LogP contribution >= 0.6 is 11.9 Å². The molecule has 0 amide bonds. The van der Waals surface area contributed by atoms with Gasteiger partial charge < -0.3 is 4.72 Å². The molecule has 0 bridgehead atoms. The maximum Gasteiger partial charge on any atom is 0.151 e. The van der Waals surface area contributed by atoms with Crippen LogP contribution in [0.2, 0.25) is 0 Å². The van der Waals surface area contributed by atoms with Gasteiger partial charge in [0.15, 0.2) is 6.29 Å². The van der Waals surface area contributed by atoms with Gasteiger partial charge >= 0.3 is 0 Å². The van der Waals surface area contributed by atoms with E-state index < -0.39 is 0 Å². The highest BCUT2D eigenvalue weighted by Crippen LogP contribution is 2.27. The summed E-state index contributed by atoms with van der Waals surface area (Å²) in [6.07, 6.45) is 4.70. The number of nitrogens with one attached hydrogen (secondary N) is 1. The van der Waals surface area contributed by atoms with Crippen LogP contribution < -0.4 is 4.72 Å². The molecule has 1 aromatic rings. The topological polar surface area (TPSA) is 29.1 Å². The van der Waals surface area contributed by atoms with Crippen LogP contribution in [0.4, 0.5) is 0 Å². The van der Waals surface area contributed by atoms with Crippen molar-refractivity contribution in [3.8, 4) is 0 Å². The molecule has 3 heteroatoms. The number of aldehydes is 1. The number of hydrogen-bond donors (Lipinski definition) is 1. The van der Waals surface area contributed by atoms with Crippen molar-refractivity contribution in [1.82, 2.24) is 4.72 Å². The monoisotopic (exact) mass is 177 g/mol. The van der Waals surface area contributed by atoms with Crippen molar-refractivity contribution >= 4 is 24.3 Å². The van der Waals surface area contributed by atoms with Crippen molar-refractivity contribution in [3.63, 3.8) is 0 Å². The summed E-state index contributed by atoms with van der Waals surface area (Å²) in [5.41, 5.74) is 1.85. The van der Waals surface area contributed by atoms with Crippen molar-refractivity contribution in [2.45, 2.75) is 4.90 Å². The molecule has 0 aromatic heterocycles. The molecule has 0 atom stereocenters.